The lowest BCUT2D eigenvalue weighted by Gasteiger charge is -2.01. The molecule has 21 heavy (non-hydrogen) atoms. The molecule has 0 atom stereocenters. The average molecular weight is 284 g/mol. The van der Waals surface area contributed by atoms with Gasteiger partial charge in [0.2, 0.25) is 5.82 Å². The van der Waals surface area contributed by atoms with Crippen molar-refractivity contribution in [3.63, 3.8) is 0 Å². The summed E-state index contributed by atoms with van der Waals surface area (Å²) in [6.45, 7) is 0.146. The van der Waals surface area contributed by atoms with Crippen molar-refractivity contribution in [2.75, 3.05) is 0 Å². The number of benzene rings is 2. The molecule has 0 bridgehead atoms. The van der Waals surface area contributed by atoms with Gasteiger partial charge in [-0.3, -0.25) is 0 Å². The summed E-state index contributed by atoms with van der Waals surface area (Å²) in [5.74, 6) is 1.12. The lowest BCUT2D eigenvalue weighted by molar-refractivity contribution is 0.287. The molecular formula is C15H12N2O4. The Hall–Kier alpha value is -3.02. The maximum absolute atomic E-state index is 9.74. The van der Waals surface area contributed by atoms with E-state index >= 15 is 0 Å². The van der Waals surface area contributed by atoms with Crippen LogP contribution >= 0.6 is 0 Å². The standard InChI is InChI=1S/C15H12N2O4/c18-10-6-7-13(19)12(8-10)15-16-14(17-21-15)9-20-11-4-2-1-3-5-11/h1-8,18-19H,9H2. The van der Waals surface area contributed by atoms with Crippen LogP contribution in [0.15, 0.2) is 53.1 Å². The molecule has 0 aliphatic heterocycles. The third-order valence-corrected chi connectivity index (χ3v) is 2.79. The zero-order valence-electron chi connectivity index (χ0n) is 10.9. The summed E-state index contributed by atoms with van der Waals surface area (Å²) in [5, 5.41) is 22.9. The summed E-state index contributed by atoms with van der Waals surface area (Å²) in [6.07, 6.45) is 0. The molecule has 106 valence electrons. The predicted octanol–water partition coefficient (Wildman–Crippen LogP) is 2.73. The first-order chi connectivity index (χ1) is 10.2. The van der Waals surface area contributed by atoms with Crippen molar-refractivity contribution in [1.29, 1.82) is 0 Å². The fourth-order valence-corrected chi connectivity index (χ4v) is 1.78. The van der Waals surface area contributed by atoms with Crippen LogP contribution in [0.1, 0.15) is 5.82 Å². The number of aromatic nitrogens is 2. The summed E-state index contributed by atoms with van der Waals surface area (Å²) in [7, 11) is 0. The van der Waals surface area contributed by atoms with E-state index in [2.05, 4.69) is 10.1 Å². The smallest absolute Gasteiger partial charge is 0.261 e. The molecule has 1 heterocycles. The summed E-state index contributed by atoms with van der Waals surface area (Å²) >= 11 is 0. The fraction of sp³-hybridized carbons (Fsp3) is 0.0667. The van der Waals surface area contributed by atoms with Crippen molar-refractivity contribution < 1.29 is 19.5 Å². The van der Waals surface area contributed by atoms with Gasteiger partial charge in [-0.25, -0.2) is 0 Å². The van der Waals surface area contributed by atoms with Crippen LogP contribution in [0.4, 0.5) is 0 Å². The topological polar surface area (TPSA) is 88.6 Å². The summed E-state index contributed by atoms with van der Waals surface area (Å²) in [4.78, 5) is 4.12. The number of ether oxygens (including phenoxy) is 1. The van der Waals surface area contributed by atoms with Gasteiger partial charge in [0.05, 0.1) is 5.56 Å². The monoisotopic (exact) mass is 284 g/mol. The molecule has 0 unspecified atom stereocenters. The molecule has 2 aromatic carbocycles. The van der Waals surface area contributed by atoms with Gasteiger partial charge < -0.3 is 19.5 Å². The van der Waals surface area contributed by atoms with Gasteiger partial charge in [-0.1, -0.05) is 23.4 Å². The summed E-state index contributed by atoms with van der Waals surface area (Å²) < 4.78 is 10.6. The van der Waals surface area contributed by atoms with Crippen LogP contribution in [0.25, 0.3) is 11.5 Å². The van der Waals surface area contributed by atoms with Crippen LogP contribution in [0.3, 0.4) is 0 Å². The van der Waals surface area contributed by atoms with Crippen LogP contribution in [0.2, 0.25) is 0 Å². The number of hydrogen-bond acceptors (Lipinski definition) is 6. The largest absolute Gasteiger partial charge is 0.508 e. The average Bonchev–Trinajstić information content (AvgIpc) is 2.97. The summed E-state index contributed by atoms with van der Waals surface area (Å²) in [6, 6.07) is 13.3. The fourth-order valence-electron chi connectivity index (χ4n) is 1.78. The van der Waals surface area contributed by atoms with Crippen molar-refractivity contribution in [2.24, 2.45) is 0 Å². The molecule has 3 aromatic rings. The summed E-state index contributed by atoms with van der Waals surface area (Å²) in [5.41, 5.74) is 0.272. The van der Waals surface area contributed by atoms with E-state index in [0.717, 1.165) is 0 Å². The molecule has 6 nitrogen and oxygen atoms in total. The number of aromatic hydroxyl groups is 2. The van der Waals surface area contributed by atoms with Crippen molar-refractivity contribution in [1.82, 2.24) is 10.1 Å². The highest BCUT2D eigenvalue weighted by molar-refractivity contribution is 5.64. The van der Waals surface area contributed by atoms with E-state index in [0.29, 0.717) is 11.6 Å². The Bertz CT molecular complexity index is 740. The van der Waals surface area contributed by atoms with Crippen LogP contribution in [-0.4, -0.2) is 20.4 Å². The molecule has 1 aromatic heterocycles. The Morgan fingerprint density at radius 2 is 1.86 bits per heavy atom. The van der Waals surface area contributed by atoms with E-state index < -0.39 is 0 Å². The predicted molar refractivity (Wildman–Crippen MR) is 73.8 cm³/mol. The third-order valence-electron chi connectivity index (χ3n) is 2.79. The third kappa shape index (κ3) is 2.94. The minimum Gasteiger partial charge on any atom is -0.508 e. The van der Waals surface area contributed by atoms with E-state index in [9.17, 15) is 10.2 Å². The SMILES string of the molecule is Oc1ccc(O)c(-c2nc(COc3ccccc3)no2)c1. The van der Waals surface area contributed by atoms with E-state index in [-0.39, 0.29) is 29.6 Å². The Morgan fingerprint density at radius 1 is 1.05 bits per heavy atom. The highest BCUT2D eigenvalue weighted by Gasteiger charge is 2.14. The van der Waals surface area contributed by atoms with E-state index in [1.807, 2.05) is 30.3 Å². The Kier molecular flexibility index (Phi) is 3.42. The minimum absolute atomic E-state index is 0.00286. The molecule has 0 saturated carbocycles. The lowest BCUT2D eigenvalue weighted by atomic mass is 10.2. The molecule has 6 heteroatoms. The number of phenols is 2. The molecule has 2 N–H and O–H groups in total. The van der Waals surface area contributed by atoms with Gasteiger partial charge in [0.25, 0.3) is 5.89 Å². The van der Waals surface area contributed by atoms with E-state index in [4.69, 9.17) is 9.26 Å². The second-order valence-electron chi connectivity index (χ2n) is 4.32. The van der Waals surface area contributed by atoms with Crippen molar-refractivity contribution >= 4 is 0 Å². The van der Waals surface area contributed by atoms with E-state index in [1.54, 1.807) is 0 Å². The first-order valence-corrected chi connectivity index (χ1v) is 6.25. The van der Waals surface area contributed by atoms with Gasteiger partial charge >= 0.3 is 0 Å². The zero-order chi connectivity index (χ0) is 14.7. The number of hydrogen-bond donors (Lipinski definition) is 2. The maximum Gasteiger partial charge on any atom is 0.261 e. The van der Waals surface area contributed by atoms with Crippen LogP contribution in [0, 0.1) is 0 Å². The molecule has 0 saturated heterocycles. The number of nitrogens with zero attached hydrogens (tertiary/aromatic N) is 2. The Balaban J connectivity index is 1.76. The normalized spacial score (nSPS) is 10.5. The van der Waals surface area contributed by atoms with Gasteiger partial charge in [-0.05, 0) is 30.3 Å². The molecule has 0 radical (unpaired) electrons. The van der Waals surface area contributed by atoms with Gasteiger partial charge in [0, 0.05) is 0 Å². The second-order valence-corrected chi connectivity index (χ2v) is 4.32. The first-order valence-electron chi connectivity index (χ1n) is 6.25. The highest BCUT2D eigenvalue weighted by atomic mass is 16.5. The molecular weight excluding hydrogens is 272 g/mol. The van der Waals surface area contributed by atoms with Gasteiger partial charge in [-0.15, -0.1) is 0 Å². The Labute approximate surface area is 120 Å². The highest BCUT2D eigenvalue weighted by Crippen LogP contribution is 2.30. The molecule has 0 fully saturated rings. The number of phenolic OH excluding ortho intramolecular Hbond substituents is 2. The minimum atomic E-state index is -0.0491. The molecule has 0 aliphatic carbocycles. The zero-order valence-corrected chi connectivity index (χ0v) is 10.9. The first kappa shape index (κ1) is 13.0. The molecule has 0 aliphatic rings. The number of rotatable bonds is 4. The van der Waals surface area contributed by atoms with Crippen LogP contribution in [-0.2, 0) is 6.61 Å². The second kappa shape index (κ2) is 5.54. The van der Waals surface area contributed by atoms with Gasteiger partial charge in [0.15, 0.2) is 6.61 Å². The Morgan fingerprint density at radius 3 is 2.67 bits per heavy atom. The maximum atomic E-state index is 9.74. The molecule has 3 rings (SSSR count). The molecule has 0 spiro atoms. The van der Waals surface area contributed by atoms with Gasteiger partial charge in [-0.2, -0.15) is 4.98 Å². The number of para-hydroxylation sites is 1. The molecule has 0 amide bonds. The van der Waals surface area contributed by atoms with E-state index in [1.165, 1.54) is 18.2 Å². The van der Waals surface area contributed by atoms with Crippen LogP contribution < -0.4 is 4.74 Å². The van der Waals surface area contributed by atoms with Crippen molar-refractivity contribution in [2.45, 2.75) is 6.61 Å². The van der Waals surface area contributed by atoms with Crippen molar-refractivity contribution in [3.05, 3.63) is 54.4 Å². The van der Waals surface area contributed by atoms with Crippen LogP contribution in [0.5, 0.6) is 17.2 Å². The van der Waals surface area contributed by atoms with Gasteiger partial charge in [0.1, 0.15) is 17.2 Å². The lowest BCUT2D eigenvalue weighted by Crippen LogP contribution is -1.97. The quantitative estimate of drug-likeness (QED) is 0.716. The van der Waals surface area contributed by atoms with Crippen molar-refractivity contribution in [3.8, 4) is 28.7 Å².